The predicted molar refractivity (Wildman–Crippen MR) is 80.7 cm³/mol. The SMILES string of the molecule is Cc1cc(C(F)(C(F)(F)F)C(F)(F)F)cc(C)c1-n1cc(I)cn1. The number of nitrogens with zero attached hydrogens (tertiary/aromatic N) is 2. The maximum absolute atomic E-state index is 14.2. The Morgan fingerprint density at radius 1 is 0.917 bits per heavy atom. The average Bonchev–Trinajstić information content (AvgIpc) is 2.80. The van der Waals surface area contributed by atoms with Gasteiger partial charge in [0.2, 0.25) is 0 Å². The lowest BCUT2D eigenvalue weighted by Gasteiger charge is -2.31. The van der Waals surface area contributed by atoms with E-state index in [4.69, 9.17) is 0 Å². The maximum atomic E-state index is 14.2. The largest absolute Gasteiger partial charge is 0.435 e. The van der Waals surface area contributed by atoms with Crippen LogP contribution in [0.3, 0.4) is 0 Å². The summed E-state index contributed by atoms with van der Waals surface area (Å²) in [4.78, 5) is 0. The van der Waals surface area contributed by atoms with Crippen LogP contribution in [-0.2, 0) is 5.67 Å². The van der Waals surface area contributed by atoms with Gasteiger partial charge < -0.3 is 0 Å². The average molecular weight is 466 g/mol. The van der Waals surface area contributed by atoms with E-state index >= 15 is 0 Å². The molecule has 0 fully saturated rings. The fraction of sp³-hybridized carbons (Fsp3) is 0.357. The van der Waals surface area contributed by atoms with E-state index in [2.05, 4.69) is 5.10 Å². The Balaban J connectivity index is 2.69. The highest BCUT2D eigenvalue weighted by Gasteiger charge is 2.73. The molecule has 132 valence electrons. The first-order valence-electron chi connectivity index (χ1n) is 6.43. The molecule has 2 aromatic rings. The van der Waals surface area contributed by atoms with Crippen molar-refractivity contribution in [3.63, 3.8) is 0 Å². The molecule has 0 bridgehead atoms. The molecule has 0 atom stereocenters. The lowest BCUT2D eigenvalue weighted by molar-refractivity contribution is -0.348. The van der Waals surface area contributed by atoms with Crippen LogP contribution in [0.25, 0.3) is 5.69 Å². The number of benzene rings is 1. The first kappa shape index (κ1) is 19.0. The first-order chi connectivity index (χ1) is 10.8. The van der Waals surface area contributed by atoms with Gasteiger partial charge in [-0.3, -0.25) is 0 Å². The van der Waals surface area contributed by atoms with E-state index in [9.17, 15) is 30.7 Å². The number of rotatable bonds is 2. The van der Waals surface area contributed by atoms with Gasteiger partial charge in [-0.05, 0) is 47.6 Å². The summed E-state index contributed by atoms with van der Waals surface area (Å²) in [6.45, 7) is 2.60. The third kappa shape index (κ3) is 3.00. The molecule has 0 aliphatic carbocycles. The third-order valence-corrected chi connectivity index (χ3v) is 4.01. The van der Waals surface area contributed by atoms with E-state index in [1.165, 1.54) is 24.7 Å². The van der Waals surface area contributed by atoms with Crippen molar-refractivity contribution in [3.05, 3.63) is 44.8 Å². The van der Waals surface area contributed by atoms with Crippen LogP contribution in [0.5, 0.6) is 0 Å². The van der Waals surface area contributed by atoms with Gasteiger partial charge >= 0.3 is 18.0 Å². The van der Waals surface area contributed by atoms with Gasteiger partial charge in [-0.1, -0.05) is 12.1 Å². The maximum Gasteiger partial charge on any atom is 0.435 e. The molecule has 0 amide bonds. The number of aryl methyl sites for hydroxylation is 2. The van der Waals surface area contributed by atoms with Crippen molar-refractivity contribution in [2.75, 3.05) is 0 Å². The predicted octanol–water partition coefficient (Wildman–Crippen LogP) is 5.38. The van der Waals surface area contributed by atoms with Crippen molar-refractivity contribution in [2.45, 2.75) is 31.9 Å². The van der Waals surface area contributed by atoms with Crippen molar-refractivity contribution in [1.82, 2.24) is 9.78 Å². The summed E-state index contributed by atoms with van der Waals surface area (Å²) in [5, 5.41) is 3.97. The van der Waals surface area contributed by atoms with E-state index in [0.717, 1.165) is 3.57 Å². The molecule has 0 aliphatic heterocycles. The van der Waals surface area contributed by atoms with Crippen LogP contribution in [0.15, 0.2) is 24.5 Å². The first-order valence-corrected chi connectivity index (χ1v) is 7.51. The van der Waals surface area contributed by atoms with Crippen molar-refractivity contribution >= 4 is 22.6 Å². The lowest BCUT2D eigenvalue weighted by Crippen LogP contribution is -2.50. The normalized spacial score (nSPS) is 13.4. The molecule has 1 aromatic carbocycles. The van der Waals surface area contributed by atoms with Gasteiger partial charge in [-0.2, -0.15) is 31.4 Å². The summed E-state index contributed by atoms with van der Waals surface area (Å²) in [6, 6.07) is 1.11. The van der Waals surface area contributed by atoms with Crippen LogP contribution in [0.4, 0.5) is 30.7 Å². The molecule has 0 unspecified atom stereocenters. The summed E-state index contributed by atoms with van der Waals surface area (Å²) >= 11 is 1.95. The van der Waals surface area contributed by atoms with Gasteiger partial charge in [0.15, 0.2) is 0 Å². The molecular formula is C14H10F7IN2. The Morgan fingerprint density at radius 3 is 1.71 bits per heavy atom. The fourth-order valence-electron chi connectivity index (χ4n) is 2.43. The van der Waals surface area contributed by atoms with Gasteiger partial charge in [-0.15, -0.1) is 0 Å². The lowest BCUT2D eigenvalue weighted by atomic mass is 9.90. The Kier molecular flexibility index (Phi) is 4.66. The highest BCUT2D eigenvalue weighted by molar-refractivity contribution is 14.1. The Bertz CT molecular complexity index is 724. The van der Waals surface area contributed by atoms with Crippen LogP contribution >= 0.6 is 22.6 Å². The second-order valence-electron chi connectivity index (χ2n) is 5.22. The molecule has 0 aliphatic rings. The van der Waals surface area contributed by atoms with Gasteiger partial charge in [0.05, 0.1) is 15.5 Å². The molecule has 0 spiro atoms. The highest BCUT2D eigenvalue weighted by atomic mass is 127. The minimum Gasteiger partial charge on any atom is -0.239 e. The van der Waals surface area contributed by atoms with Gasteiger partial charge in [-0.25, -0.2) is 9.07 Å². The standard InChI is InChI=1S/C14H10F7IN2/c1-7-3-9(12(15,13(16,17)18)14(19,20)21)4-8(2)11(7)24-6-10(22)5-23-24/h3-6H,1-2H3. The fourth-order valence-corrected chi connectivity index (χ4v) is 2.82. The molecule has 0 saturated carbocycles. The third-order valence-electron chi connectivity index (χ3n) is 3.45. The Labute approximate surface area is 145 Å². The number of hydrogen-bond acceptors (Lipinski definition) is 1. The molecule has 2 nitrogen and oxygen atoms in total. The monoisotopic (exact) mass is 466 g/mol. The van der Waals surface area contributed by atoms with Crippen LogP contribution < -0.4 is 0 Å². The van der Waals surface area contributed by atoms with E-state index in [1.807, 2.05) is 22.6 Å². The van der Waals surface area contributed by atoms with Crippen LogP contribution in [-0.4, -0.2) is 22.1 Å². The summed E-state index contributed by atoms with van der Waals surface area (Å²) in [7, 11) is 0. The van der Waals surface area contributed by atoms with Crippen molar-refractivity contribution in [3.8, 4) is 5.69 Å². The minimum atomic E-state index is -6.13. The molecule has 0 N–H and O–H groups in total. The molecule has 0 saturated heterocycles. The number of halogens is 8. The molecule has 24 heavy (non-hydrogen) atoms. The zero-order valence-corrected chi connectivity index (χ0v) is 14.4. The Morgan fingerprint density at radius 2 is 1.38 bits per heavy atom. The van der Waals surface area contributed by atoms with Crippen molar-refractivity contribution in [1.29, 1.82) is 0 Å². The molecule has 1 aromatic heterocycles. The zero-order valence-electron chi connectivity index (χ0n) is 12.2. The van der Waals surface area contributed by atoms with Crippen LogP contribution in [0, 0.1) is 17.4 Å². The second-order valence-corrected chi connectivity index (χ2v) is 6.46. The number of hydrogen-bond donors (Lipinski definition) is 0. The summed E-state index contributed by atoms with van der Waals surface area (Å²) in [5.74, 6) is 0. The molecule has 2 rings (SSSR count). The summed E-state index contributed by atoms with van der Waals surface area (Å²) in [6.07, 6.45) is -9.25. The minimum absolute atomic E-state index is 0.0417. The van der Waals surface area contributed by atoms with Crippen molar-refractivity contribution < 1.29 is 30.7 Å². The van der Waals surface area contributed by atoms with Crippen molar-refractivity contribution in [2.24, 2.45) is 0 Å². The summed E-state index contributed by atoms with van der Waals surface area (Å²) < 4.78 is 93.4. The second kappa shape index (κ2) is 5.88. The number of aromatic nitrogens is 2. The van der Waals surface area contributed by atoms with Crippen LogP contribution in [0.1, 0.15) is 16.7 Å². The molecule has 1 heterocycles. The molecule has 10 heteroatoms. The highest BCUT2D eigenvalue weighted by Crippen LogP contribution is 2.53. The van der Waals surface area contributed by atoms with E-state index in [-0.39, 0.29) is 11.1 Å². The van der Waals surface area contributed by atoms with E-state index < -0.39 is 23.6 Å². The number of alkyl halides is 7. The smallest absolute Gasteiger partial charge is 0.239 e. The van der Waals surface area contributed by atoms with Gasteiger partial charge in [0.1, 0.15) is 0 Å². The van der Waals surface area contributed by atoms with Gasteiger partial charge in [0.25, 0.3) is 0 Å². The summed E-state index contributed by atoms with van der Waals surface area (Å²) in [5.41, 5.74) is -6.55. The van der Waals surface area contributed by atoms with Crippen LogP contribution in [0.2, 0.25) is 0 Å². The topological polar surface area (TPSA) is 17.8 Å². The van der Waals surface area contributed by atoms with E-state index in [1.54, 1.807) is 6.20 Å². The quantitative estimate of drug-likeness (QED) is 0.430. The zero-order chi connectivity index (χ0) is 18.5. The van der Waals surface area contributed by atoms with E-state index in [0.29, 0.717) is 17.8 Å². The van der Waals surface area contributed by atoms with Gasteiger partial charge in [0, 0.05) is 11.8 Å². The molecular weight excluding hydrogens is 456 g/mol. The Hall–Kier alpha value is -1.33. The molecule has 0 radical (unpaired) electrons.